The van der Waals surface area contributed by atoms with Crippen LogP contribution in [-0.2, 0) is 15.8 Å². The number of hydrogen-bond acceptors (Lipinski definition) is 6. The molecule has 3 aromatic rings. The van der Waals surface area contributed by atoms with E-state index in [1.165, 1.54) is 10.9 Å². The van der Waals surface area contributed by atoms with E-state index in [9.17, 15) is 22.8 Å². The van der Waals surface area contributed by atoms with Gasteiger partial charge in [0.1, 0.15) is 5.82 Å². The second kappa shape index (κ2) is 12.8. The van der Waals surface area contributed by atoms with Gasteiger partial charge in [-0.1, -0.05) is 39.3 Å². The minimum atomic E-state index is -4.46. The third kappa shape index (κ3) is 8.05. The Bertz CT molecular complexity index is 1260. The molecule has 0 aliphatic carbocycles. The van der Waals surface area contributed by atoms with E-state index in [-0.39, 0.29) is 18.0 Å². The highest BCUT2D eigenvalue weighted by Crippen LogP contribution is 2.32. The number of alkyl halides is 3. The smallest absolute Gasteiger partial charge is 0.363 e. The molecule has 2 aromatic heterocycles. The molecule has 39 heavy (non-hydrogen) atoms. The number of unbranched alkanes of at least 4 members (excludes halogenated alkanes) is 1. The molecule has 0 saturated heterocycles. The summed E-state index contributed by atoms with van der Waals surface area (Å²) in [6, 6.07) is 6.97. The van der Waals surface area contributed by atoms with Crippen LogP contribution < -0.4 is 10.8 Å². The molecule has 3 rings (SSSR count). The van der Waals surface area contributed by atoms with E-state index in [1.54, 1.807) is 12.1 Å². The number of hydroxylamine groups is 1. The van der Waals surface area contributed by atoms with Crippen LogP contribution in [-0.4, -0.2) is 26.6 Å². The minimum absolute atomic E-state index is 0.147. The van der Waals surface area contributed by atoms with Gasteiger partial charge in [-0.05, 0) is 61.4 Å². The Labute approximate surface area is 225 Å². The number of nitrogens with zero attached hydrogens (tertiary/aromatic N) is 3. The number of benzene rings is 1. The normalized spacial score (nSPS) is 12.3. The second-order valence-electron chi connectivity index (χ2n) is 9.94. The topological polar surface area (TPSA) is 98.1 Å². The van der Waals surface area contributed by atoms with Crippen LogP contribution in [0.2, 0.25) is 0 Å². The van der Waals surface area contributed by atoms with Crippen LogP contribution in [0, 0.1) is 19.8 Å². The van der Waals surface area contributed by atoms with E-state index < -0.39 is 23.6 Å². The Balaban J connectivity index is 1.77. The van der Waals surface area contributed by atoms with Crippen LogP contribution in [0.15, 0.2) is 42.9 Å². The average molecular weight is 546 g/mol. The first-order valence-electron chi connectivity index (χ1n) is 12.8. The molecular formula is C28H34F3N5O3. The summed E-state index contributed by atoms with van der Waals surface area (Å²) in [7, 11) is 0. The van der Waals surface area contributed by atoms with Gasteiger partial charge in [-0.2, -0.15) is 23.8 Å². The van der Waals surface area contributed by atoms with Gasteiger partial charge in [0.25, 0.3) is 5.91 Å². The molecule has 0 bridgehead atoms. The number of rotatable bonds is 10. The Morgan fingerprint density at radius 3 is 2.33 bits per heavy atom. The summed E-state index contributed by atoms with van der Waals surface area (Å²) in [6.45, 7) is 9.82. The third-order valence-electron chi connectivity index (χ3n) is 6.10. The summed E-state index contributed by atoms with van der Waals surface area (Å²) in [5.74, 6) is -0.209. The number of aromatic nitrogens is 3. The van der Waals surface area contributed by atoms with Crippen molar-refractivity contribution in [1.29, 1.82) is 0 Å². The predicted octanol–water partition coefficient (Wildman–Crippen LogP) is 6.48. The van der Waals surface area contributed by atoms with Crippen molar-refractivity contribution < 1.29 is 27.6 Å². The highest BCUT2D eigenvalue weighted by atomic mass is 19.4. The van der Waals surface area contributed by atoms with Gasteiger partial charge in [0.15, 0.2) is 0 Å². The van der Waals surface area contributed by atoms with Crippen LogP contribution in [0.25, 0.3) is 5.69 Å². The molecule has 2 N–H and O–H groups in total. The fourth-order valence-electron chi connectivity index (χ4n) is 4.22. The molecule has 0 radical (unpaired) electrons. The highest BCUT2D eigenvalue weighted by molar-refractivity contribution is 5.94. The highest BCUT2D eigenvalue weighted by Gasteiger charge is 2.32. The molecule has 210 valence electrons. The molecule has 2 heterocycles. The van der Waals surface area contributed by atoms with Gasteiger partial charge in [0.05, 0.1) is 29.1 Å². The minimum Gasteiger partial charge on any atom is -0.363 e. The van der Waals surface area contributed by atoms with Gasteiger partial charge in [-0.15, -0.1) is 0 Å². The van der Waals surface area contributed by atoms with Crippen LogP contribution in [0.3, 0.4) is 0 Å². The van der Waals surface area contributed by atoms with E-state index in [4.69, 9.17) is 4.84 Å². The molecule has 1 aromatic carbocycles. The Morgan fingerprint density at radius 1 is 1.10 bits per heavy atom. The molecule has 1 amide bonds. The quantitative estimate of drug-likeness (QED) is 0.283. The maximum Gasteiger partial charge on any atom is 0.419 e. The van der Waals surface area contributed by atoms with Crippen molar-refractivity contribution in [3.63, 3.8) is 0 Å². The number of anilines is 1. The maximum atomic E-state index is 13.1. The fourth-order valence-corrected chi connectivity index (χ4v) is 4.22. The first kappa shape index (κ1) is 29.7. The Kier molecular flexibility index (Phi) is 9.71. The van der Waals surface area contributed by atoms with Crippen molar-refractivity contribution in [2.45, 2.75) is 72.5 Å². The zero-order valence-corrected chi connectivity index (χ0v) is 22.7. The van der Waals surface area contributed by atoms with Crippen molar-refractivity contribution in [2.24, 2.45) is 5.92 Å². The molecule has 0 saturated carbocycles. The molecule has 0 aliphatic heterocycles. The molecule has 8 nitrogen and oxygen atoms in total. The third-order valence-corrected chi connectivity index (χ3v) is 6.10. The molecule has 1 unspecified atom stereocenters. The molecule has 1 atom stereocenters. The van der Waals surface area contributed by atoms with Gasteiger partial charge in [0.2, 0.25) is 0 Å². The monoisotopic (exact) mass is 545 g/mol. The Hall–Kier alpha value is -3.89. The zero-order valence-electron chi connectivity index (χ0n) is 22.7. The van der Waals surface area contributed by atoms with Crippen molar-refractivity contribution in [2.75, 3.05) is 5.32 Å². The lowest BCUT2D eigenvalue weighted by molar-refractivity contribution is -0.149. The number of carbonyl (C=O) groups is 2. The van der Waals surface area contributed by atoms with E-state index in [1.807, 2.05) is 32.9 Å². The number of halogens is 3. The van der Waals surface area contributed by atoms with Gasteiger partial charge in [-0.25, -0.2) is 14.5 Å². The first-order valence-corrected chi connectivity index (χ1v) is 12.8. The lowest BCUT2D eigenvalue weighted by Crippen LogP contribution is -2.27. The van der Waals surface area contributed by atoms with Crippen LogP contribution >= 0.6 is 0 Å². The van der Waals surface area contributed by atoms with E-state index in [0.717, 1.165) is 41.9 Å². The first-order chi connectivity index (χ1) is 18.4. The summed E-state index contributed by atoms with van der Waals surface area (Å²) >= 11 is 0. The van der Waals surface area contributed by atoms with E-state index in [2.05, 4.69) is 34.7 Å². The summed E-state index contributed by atoms with van der Waals surface area (Å²) in [4.78, 5) is 33.0. The number of carbonyl (C=O) groups excluding carboxylic acids is 2. The van der Waals surface area contributed by atoms with E-state index in [0.29, 0.717) is 23.8 Å². The van der Waals surface area contributed by atoms with Gasteiger partial charge in [0, 0.05) is 18.8 Å². The van der Waals surface area contributed by atoms with Crippen molar-refractivity contribution in [3.05, 3.63) is 70.7 Å². The summed E-state index contributed by atoms with van der Waals surface area (Å²) in [6.07, 6.45) is 1.25. The maximum absolute atomic E-state index is 13.1. The van der Waals surface area contributed by atoms with E-state index >= 15 is 0 Å². The second-order valence-corrected chi connectivity index (χ2v) is 9.94. The lowest BCUT2D eigenvalue weighted by atomic mass is 9.93. The number of aryl methyl sites for hydroxylation is 2. The summed E-state index contributed by atoms with van der Waals surface area (Å²) in [5.41, 5.74) is 4.69. The summed E-state index contributed by atoms with van der Waals surface area (Å²) in [5, 5.41) is 7.34. The fraction of sp³-hybridized carbons (Fsp3) is 0.429. The van der Waals surface area contributed by atoms with Crippen LogP contribution in [0.5, 0.6) is 0 Å². The Morgan fingerprint density at radius 2 is 1.79 bits per heavy atom. The number of hydrogen-bond donors (Lipinski definition) is 2. The van der Waals surface area contributed by atoms with Crippen molar-refractivity contribution in [3.8, 4) is 5.69 Å². The number of nitrogens with one attached hydrogen (secondary N) is 2. The molecular weight excluding hydrogens is 511 g/mol. The molecule has 0 fully saturated rings. The lowest BCUT2D eigenvalue weighted by Gasteiger charge is -2.24. The zero-order chi connectivity index (χ0) is 28.7. The number of amides is 1. The van der Waals surface area contributed by atoms with Crippen molar-refractivity contribution >= 4 is 17.7 Å². The molecule has 11 heteroatoms. The van der Waals surface area contributed by atoms with Crippen LogP contribution in [0.1, 0.15) is 85.1 Å². The van der Waals surface area contributed by atoms with Gasteiger partial charge < -0.3 is 10.2 Å². The largest absolute Gasteiger partial charge is 0.419 e. The van der Waals surface area contributed by atoms with Crippen molar-refractivity contribution in [1.82, 2.24) is 20.2 Å². The average Bonchev–Trinajstić information content (AvgIpc) is 3.36. The predicted molar refractivity (Wildman–Crippen MR) is 141 cm³/mol. The standard InChI is InChI=1S/C28H34F3N5O3/c1-6-7-8-25(37)39-35-27(38)20-9-10-24(32-14-20)34-23(11-17(2)3)21-12-18(4)26(19(5)13-21)36-16-22(15-33-36)28(29,30)31/h9-10,12-17,23H,6-8,11H2,1-5H3,(H,32,34)(H,35,38). The summed E-state index contributed by atoms with van der Waals surface area (Å²) < 4.78 is 40.5. The van der Waals surface area contributed by atoms with Crippen LogP contribution in [0.4, 0.5) is 19.0 Å². The van der Waals surface area contributed by atoms with Gasteiger partial charge in [-0.3, -0.25) is 4.79 Å². The molecule has 0 spiro atoms. The molecule has 0 aliphatic rings. The SMILES string of the molecule is CCCCC(=O)ONC(=O)c1ccc(NC(CC(C)C)c2cc(C)c(-n3cc(C(F)(F)F)cn3)c(C)c2)nc1. The number of pyridine rings is 1. The van der Waals surface area contributed by atoms with Gasteiger partial charge >= 0.3 is 12.1 Å².